The lowest BCUT2D eigenvalue weighted by atomic mass is 10.2. The van der Waals surface area contributed by atoms with E-state index in [0.29, 0.717) is 32.8 Å². The Labute approximate surface area is 162 Å². The molecule has 0 aliphatic carbocycles. The van der Waals surface area contributed by atoms with Crippen molar-refractivity contribution in [1.82, 2.24) is 15.5 Å². The van der Waals surface area contributed by atoms with Crippen molar-refractivity contribution in [1.29, 1.82) is 0 Å². The number of hydrogen-bond donors (Lipinski definition) is 2. The van der Waals surface area contributed by atoms with E-state index in [1.165, 1.54) is 0 Å². The summed E-state index contributed by atoms with van der Waals surface area (Å²) in [5, 5.41) is 6.40. The van der Waals surface area contributed by atoms with E-state index in [-0.39, 0.29) is 6.09 Å². The zero-order valence-corrected chi connectivity index (χ0v) is 17.2. The van der Waals surface area contributed by atoms with Crippen LogP contribution in [0.3, 0.4) is 0 Å². The zero-order chi connectivity index (χ0) is 20.1. The third-order valence-electron chi connectivity index (χ3n) is 3.33. The summed E-state index contributed by atoms with van der Waals surface area (Å²) in [6.07, 6.45) is 2.12. The van der Waals surface area contributed by atoms with Gasteiger partial charge in [-0.1, -0.05) is 0 Å². The highest BCUT2D eigenvalue weighted by molar-refractivity contribution is 5.79. The average Bonchev–Trinajstić information content (AvgIpc) is 3.09. The molecule has 2 N–H and O–H groups in total. The van der Waals surface area contributed by atoms with Gasteiger partial charge in [0.1, 0.15) is 18.0 Å². The van der Waals surface area contributed by atoms with Crippen LogP contribution in [-0.2, 0) is 16.1 Å². The number of nitrogens with zero attached hydrogens (tertiary/aromatic N) is 2. The van der Waals surface area contributed by atoms with Crippen molar-refractivity contribution in [3.05, 3.63) is 24.2 Å². The highest BCUT2D eigenvalue weighted by Gasteiger charge is 2.19. The van der Waals surface area contributed by atoms with E-state index in [1.54, 1.807) is 18.2 Å². The number of guanidine groups is 1. The molecule has 0 saturated carbocycles. The molecular weight excluding hydrogens is 348 g/mol. The van der Waals surface area contributed by atoms with Gasteiger partial charge in [-0.25, -0.2) is 4.79 Å². The molecule has 0 spiro atoms. The topological polar surface area (TPSA) is 88.3 Å². The summed E-state index contributed by atoms with van der Waals surface area (Å²) in [6, 6.07) is 3.73. The lowest BCUT2D eigenvalue weighted by Gasteiger charge is -2.24. The van der Waals surface area contributed by atoms with Crippen LogP contribution in [0.2, 0.25) is 0 Å². The van der Waals surface area contributed by atoms with Gasteiger partial charge in [0.25, 0.3) is 0 Å². The van der Waals surface area contributed by atoms with Crippen molar-refractivity contribution in [3.8, 4) is 0 Å². The van der Waals surface area contributed by atoms with Crippen molar-refractivity contribution in [2.45, 2.75) is 46.3 Å². The summed E-state index contributed by atoms with van der Waals surface area (Å²) in [4.78, 5) is 18.0. The normalized spacial score (nSPS) is 12.0. The molecule has 0 aliphatic rings. The second-order valence-electron chi connectivity index (χ2n) is 7.07. The molecule has 0 bridgehead atoms. The first-order valence-electron chi connectivity index (χ1n) is 9.38. The maximum absolute atomic E-state index is 11.9. The van der Waals surface area contributed by atoms with Crippen LogP contribution in [0.1, 0.15) is 39.9 Å². The summed E-state index contributed by atoms with van der Waals surface area (Å²) >= 11 is 0. The lowest BCUT2D eigenvalue weighted by molar-refractivity contribution is 0.0302. The molecule has 0 unspecified atom stereocenters. The van der Waals surface area contributed by atoms with Crippen molar-refractivity contribution in [3.63, 3.8) is 0 Å². The first-order chi connectivity index (χ1) is 12.8. The Kier molecular flexibility index (Phi) is 10.3. The Bertz CT molecular complexity index is 553. The van der Waals surface area contributed by atoms with E-state index in [0.717, 1.165) is 24.7 Å². The molecular formula is C19H34N4O4. The van der Waals surface area contributed by atoms with Crippen LogP contribution in [-0.4, -0.2) is 62.4 Å². The first kappa shape index (κ1) is 22.8. The van der Waals surface area contributed by atoms with E-state index >= 15 is 0 Å². The van der Waals surface area contributed by atoms with E-state index < -0.39 is 5.60 Å². The first-order valence-corrected chi connectivity index (χ1v) is 9.38. The number of furan rings is 1. The maximum atomic E-state index is 11.9. The maximum Gasteiger partial charge on any atom is 0.410 e. The number of nitrogens with one attached hydrogen (secondary N) is 2. The van der Waals surface area contributed by atoms with E-state index in [9.17, 15) is 4.79 Å². The van der Waals surface area contributed by atoms with Gasteiger partial charge < -0.3 is 29.4 Å². The molecule has 0 saturated heterocycles. The van der Waals surface area contributed by atoms with Gasteiger partial charge in [-0.15, -0.1) is 0 Å². The SMILES string of the molecule is CCNC(=NCCCOCc1ccco1)NCCN(C)C(=O)OC(C)(C)C. The minimum absolute atomic E-state index is 0.333. The van der Waals surface area contributed by atoms with Gasteiger partial charge in [-0.05, 0) is 46.2 Å². The average molecular weight is 383 g/mol. The molecule has 0 fully saturated rings. The Morgan fingerprint density at radius 1 is 1.33 bits per heavy atom. The van der Waals surface area contributed by atoms with E-state index in [1.807, 2.05) is 39.8 Å². The highest BCUT2D eigenvalue weighted by atomic mass is 16.6. The fourth-order valence-electron chi connectivity index (χ4n) is 2.04. The number of carbonyl (C=O) groups is 1. The number of amides is 1. The molecule has 27 heavy (non-hydrogen) atoms. The summed E-state index contributed by atoms with van der Waals surface area (Å²) in [5.74, 6) is 1.55. The van der Waals surface area contributed by atoms with Gasteiger partial charge in [0, 0.05) is 39.8 Å². The highest BCUT2D eigenvalue weighted by Crippen LogP contribution is 2.08. The standard InChI is InChI=1S/C19H34N4O4/c1-6-20-17(21-10-8-13-25-15-16-9-7-14-26-16)22-11-12-23(5)18(24)27-19(2,3)4/h7,9,14H,6,8,10-13,15H2,1-5H3,(H2,20,21,22). The Morgan fingerprint density at radius 3 is 2.74 bits per heavy atom. The summed E-state index contributed by atoms with van der Waals surface area (Å²) in [5.41, 5.74) is -0.492. The molecule has 8 heteroatoms. The number of aliphatic imine (C=N–C) groups is 1. The van der Waals surface area contributed by atoms with Crippen molar-refractivity contribution < 1.29 is 18.7 Å². The summed E-state index contributed by atoms with van der Waals surface area (Å²) in [7, 11) is 1.72. The van der Waals surface area contributed by atoms with Gasteiger partial charge in [0.2, 0.25) is 0 Å². The van der Waals surface area contributed by atoms with Crippen molar-refractivity contribution in [2.75, 3.05) is 39.8 Å². The Balaban J connectivity index is 2.23. The van der Waals surface area contributed by atoms with Crippen LogP contribution in [0.15, 0.2) is 27.8 Å². The van der Waals surface area contributed by atoms with Gasteiger partial charge in [0.15, 0.2) is 5.96 Å². The van der Waals surface area contributed by atoms with Gasteiger partial charge in [-0.3, -0.25) is 4.99 Å². The largest absolute Gasteiger partial charge is 0.467 e. The molecule has 0 radical (unpaired) electrons. The minimum Gasteiger partial charge on any atom is -0.467 e. The number of ether oxygens (including phenoxy) is 2. The number of hydrogen-bond acceptors (Lipinski definition) is 5. The fraction of sp³-hybridized carbons (Fsp3) is 0.684. The molecule has 0 aromatic carbocycles. The number of likely N-dealkylation sites (N-methyl/N-ethyl adjacent to an activating group) is 1. The molecule has 1 aromatic heterocycles. The molecule has 154 valence electrons. The third kappa shape index (κ3) is 11.2. The predicted molar refractivity (Wildman–Crippen MR) is 106 cm³/mol. The molecule has 1 rings (SSSR count). The molecule has 1 aromatic rings. The minimum atomic E-state index is -0.492. The van der Waals surface area contributed by atoms with Crippen LogP contribution < -0.4 is 10.6 Å². The summed E-state index contributed by atoms with van der Waals surface area (Å²) < 4.78 is 16.1. The molecule has 0 atom stereocenters. The van der Waals surface area contributed by atoms with Gasteiger partial charge in [0.05, 0.1) is 6.26 Å². The molecule has 1 amide bonds. The Morgan fingerprint density at radius 2 is 2.11 bits per heavy atom. The smallest absolute Gasteiger partial charge is 0.410 e. The molecule has 8 nitrogen and oxygen atoms in total. The van der Waals surface area contributed by atoms with Crippen LogP contribution in [0.5, 0.6) is 0 Å². The van der Waals surface area contributed by atoms with Crippen LogP contribution in [0.25, 0.3) is 0 Å². The number of carbonyl (C=O) groups excluding carboxylic acids is 1. The zero-order valence-electron chi connectivity index (χ0n) is 17.2. The van der Waals surface area contributed by atoms with Crippen molar-refractivity contribution in [2.24, 2.45) is 4.99 Å². The van der Waals surface area contributed by atoms with Crippen LogP contribution in [0.4, 0.5) is 4.79 Å². The monoisotopic (exact) mass is 382 g/mol. The van der Waals surface area contributed by atoms with Crippen LogP contribution >= 0.6 is 0 Å². The number of rotatable bonds is 10. The summed E-state index contributed by atoms with van der Waals surface area (Å²) in [6.45, 7) is 11.2. The van der Waals surface area contributed by atoms with Crippen molar-refractivity contribution >= 4 is 12.1 Å². The third-order valence-corrected chi connectivity index (χ3v) is 3.33. The molecule has 1 heterocycles. The van der Waals surface area contributed by atoms with E-state index in [4.69, 9.17) is 13.9 Å². The Hall–Kier alpha value is -2.22. The van der Waals surface area contributed by atoms with Crippen LogP contribution in [0, 0.1) is 0 Å². The van der Waals surface area contributed by atoms with E-state index in [2.05, 4.69) is 15.6 Å². The molecule has 0 aliphatic heterocycles. The predicted octanol–water partition coefficient (Wildman–Crippen LogP) is 2.61. The second-order valence-corrected chi connectivity index (χ2v) is 7.07. The quantitative estimate of drug-likeness (QED) is 0.367. The second kappa shape index (κ2) is 12.2. The van der Waals surface area contributed by atoms with Gasteiger partial charge in [-0.2, -0.15) is 0 Å². The van der Waals surface area contributed by atoms with Gasteiger partial charge >= 0.3 is 6.09 Å². The lowest BCUT2D eigenvalue weighted by Crippen LogP contribution is -2.43. The fourth-order valence-corrected chi connectivity index (χ4v) is 2.04.